The zero-order valence-electron chi connectivity index (χ0n) is 21.0. The van der Waals surface area contributed by atoms with Gasteiger partial charge in [-0.3, -0.25) is 0 Å². The summed E-state index contributed by atoms with van der Waals surface area (Å²) < 4.78 is 0. The van der Waals surface area contributed by atoms with E-state index in [1.165, 1.54) is 32.7 Å². The monoisotopic (exact) mass is 478 g/mol. The van der Waals surface area contributed by atoms with Gasteiger partial charge in [-0.25, -0.2) is 0 Å². The predicted octanol–water partition coefficient (Wildman–Crippen LogP) is 10.0. The van der Waals surface area contributed by atoms with Gasteiger partial charge in [0.15, 0.2) is 0 Å². The zero-order chi connectivity index (χ0) is 25.0. The number of rotatable bonds is 7. The summed E-state index contributed by atoms with van der Waals surface area (Å²) in [5.74, 6) is 0.284. The highest BCUT2D eigenvalue weighted by molar-refractivity contribution is 6.00. The fraction of sp³-hybridized carbons (Fsp3) is 0.0857. The highest BCUT2D eigenvalue weighted by Crippen LogP contribution is 2.41. The molecule has 0 fully saturated rings. The molecule has 0 atom stereocenters. The standard InChI is InChI=1S/C35H30N2/c1-2-27(30-21-23-34(32-19-11-9-17-28(30)32)36-25-13-5-3-6-14-25)31-22-24-35(33-20-12-10-18-29(31)33)37-26-15-7-4-8-16-26/h3-24,27,36-37H,2H2,1H3. The molecule has 2 nitrogen and oxygen atoms in total. The SMILES string of the molecule is CCC(c1ccc(Nc2ccccc2)c2ccccc12)c1ccc(Nc2ccccc2)c2ccccc12. The van der Waals surface area contributed by atoms with Gasteiger partial charge >= 0.3 is 0 Å². The Morgan fingerprint density at radius 3 is 1.22 bits per heavy atom. The van der Waals surface area contributed by atoms with Crippen LogP contribution >= 0.6 is 0 Å². The van der Waals surface area contributed by atoms with Crippen LogP contribution in [0.2, 0.25) is 0 Å². The van der Waals surface area contributed by atoms with Crippen molar-refractivity contribution in [3.8, 4) is 0 Å². The summed E-state index contributed by atoms with van der Waals surface area (Å²) in [5, 5.41) is 12.3. The first-order valence-corrected chi connectivity index (χ1v) is 13.0. The normalized spacial score (nSPS) is 11.2. The molecule has 2 heteroatoms. The van der Waals surface area contributed by atoms with Gasteiger partial charge in [0, 0.05) is 39.4 Å². The summed E-state index contributed by atoms with van der Waals surface area (Å²) in [7, 11) is 0. The minimum atomic E-state index is 0.284. The third-order valence-electron chi connectivity index (χ3n) is 7.18. The second-order valence-corrected chi connectivity index (χ2v) is 9.44. The van der Waals surface area contributed by atoms with Gasteiger partial charge in [-0.1, -0.05) is 104 Å². The van der Waals surface area contributed by atoms with E-state index >= 15 is 0 Å². The molecule has 0 bridgehead atoms. The summed E-state index contributed by atoms with van der Waals surface area (Å²) in [6.45, 7) is 2.29. The molecule has 0 aliphatic rings. The lowest BCUT2D eigenvalue weighted by Gasteiger charge is -2.23. The Bertz CT molecular complexity index is 1530. The average molecular weight is 479 g/mol. The van der Waals surface area contributed by atoms with Crippen LogP contribution in [-0.4, -0.2) is 0 Å². The van der Waals surface area contributed by atoms with Crippen molar-refractivity contribution in [1.29, 1.82) is 0 Å². The van der Waals surface area contributed by atoms with E-state index in [0.717, 1.165) is 29.2 Å². The molecule has 0 unspecified atom stereocenters. The van der Waals surface area contributed by atoms with Gasteiger partial charge in [0.2, 0.25) is 0 Å². The van der Waals surface area contributed by atoms with E-state index in [2.05, 4.69) is 139 Å². The van der Waals surface area contributed by atoms with Gasteiger partial charge < -0.3 is 10.6 Å². The first kappa shape index (κ1) is 22.9. The Balaban J connectivity index is 1.45. The van der Waals surface area contributed by atoms with Gasteiger partial charge in [0.05, 0.1) is 0 Å². The van der Waals surface area contributed by atoms with E-state index in [9.17, 15) is 0 Å². The Morgan fingerprint density at radius 2 is 0.811 bits per heavy atom. The molecule has 0 aliphatic carbocycles. The molecule has 37 heavy (non-hydrogen) atoms. The van der Waals surface area contributed by atoms with E-state index in [0.29, 0.717) is 0 Å². The van der Waals surface area contributed by atoms with Gasteiger partial charge in [-0.2, -0.15) is 0 Å². The highest BCUT2D eigenvalue weighted by atomic mass is 14.9. The van der Waals surface area contributed by atoms with Crippen molar-refractivity contribution in [3.05, 3.63) is 145 Å². The van der Waals surface area contributed by atoms with Crippen molar-refractivity contribution in [1.82, 2.24) is 0 Å². The lowest BCUT2D eigenvalue weighted by molar-refractivity contribution is 0.790. The first-order valence-electron chi connectivity index (χ1n) is 13.0. The average Bonchev–Trinajstić information content (AvgIpc) is 2.96. The Hall–Kier alpha value is -4.56. The smallest absolute Gasteiger partial charge is 0.0464 e. The molecule has 0 saturated heterocycles. The Morgan fingerprint density at radius 1 is 0.432 bits per heavy atom. The number of anilines is 4. The summed E-state index contributed by atoms with van der Waals surface area (Å²) >= 11 is 0. The molecule has 0 aromatic heterocycles. The molecule has 6 aromatic carbocycles. The van der Waals surface area contributed by atoms with E-state index in [1.807, 2.05) is 12.1 Å². The number of nitrogens with one attached hydrogen (secondary N) is 2. The zero-order valence-corrected chi connectivity index (χ0v) is 21.0. The number of para-hydroxylation sites is 2. The molecule has 0 aliphatic heterocycles. The van der Waals surface area contributed by atoms with Crippen molar-refractivity contribution in [2.24, 2.45) is 0 Å². The van der Waals surface area contributed by atoms with Gasteiger partial charge in [-0.15, -0.1) is 0 Å². The fourth-order valence-electron chi connectivity index (χ4n) is 5.43. The second kappa shape index (κ2) is 10.2. The van der Waals surface area contributed by atoms with Crippen LogP contribution in [-0.2, 0) is 0 Å². The number of fused-ring (bicyclic) bond motifs is 2. The molecule has 2 N–H and O–H groups in total. The summed E-state index contributed by atoms with van der Waals surface area (Å²) in [6, 6.07) is 47.4. The Labute approximate surface area is 218 Å². The maximum Gasteiger partial charge on any atom is 0.0464 e. The van der Waals surface area contributed by atoms with Crippen LogP contribution in [0.4, 0.5) is 22.7 Å². The van der Waals surface area contributed by atoms with Crippen molar-refractivity contribution < 1.29 is 0 Å². The third kappa shape index (κ3) is 4.54. The molecule has 0 radical (unpaired) electrons. The van der Waals surface area contributed by atoms with E-state index in [-0.39, 0.29) is 5.92 Å². The number of hydrogen-bond donors (Lipinski definition) is 2. The highest BCUT2D eigenvalue weighted by Gasteiger charge is 2.19. The van der Waals surface area contributed by atoms with Crippen LogP contribution in [0.3, 0.4) is 0 Å². The van der Waals surface area contributed by atoms with Crippen LogP contribution in [0.25, 0.3) is 21.5 Å². The largest absolute Gasteiger partial charge is 0.355 e. The van der Waals surface area contributed by atoms with Crippen LogP contribution < -0.4 is 10.6 Å². The predicted molar refractivity (Wildman–Crippen MR) is 159 cm³/mol. The van der Waals surface area contributed by atoms with Gasteiger partial charge in [0.25, 0.3) is 0 Å². The van der Waals surface area contributed by atoms with Crippen LogP contribution in [0.1, 0.15) is 30.4 Å². The summed E-state index contributed by atoms with van der Waals surface area (Å²) in [4.78, 5) is 0. The van der Waals surface area contributed by atoms with E-state index in [1.54, 1.807) is 0 Å². The van der Waals surface area contributed by atoms with Gasteiger partial charge in [-0.05, 0) is 64.7 Å². The van der Waals surface area contributed by atoms with Crippen molar-refractivity contribution in [2.75, 3.05) is 10.6 Å². The van der Waals surface area contributed by atoms with E-state index in [4.69, 9.17) is 0 Å². The molecule has 180 valence electrons. The Kier molecular flexibility index (Phi) is 6.31. The van der Waals surface area contributed by atoms with Crippen LogP contribution in [0.5, 0.6) is 0 Å². The maximum atomic E-state index is 3.62. The molecule has 0 amide bonds. The minimum absolute atomic E-state index is 0.284. The molecule has 6 aromatic rings. The molecular weight excluding hydrogens is 448 g/mol. The fourth-order valence-corrected chi connectivity index (χ4v) is 5.43. The molecule has 0 spiro atoms. The molecule has 0 heterocycles. The topological polar surface area (TPSA) is 24.1 Å². The molecule has 0 saturated carbocycles. The van der Waals surface area contributed by atoms with Crippen LogP contribution in [0, 0.1) is 0 Å². The van der Waals surface area contributed by atoms with Crippen molar-refractivity contribution in [2.45, 2.75) is 19.3 Å². The quantitative estimate of drug-likeness (QED) is 0.238. The number of benzene rings is 6. The van der Waals surface area contributed by atoms with E-state index < -0.39 is 0 Å². The van der Waals surface area contributed by atoms with Crippen molar-refractivity contribution in [3.63, 3.8) is 0 Å². The van der Waals surface area contributed by atoms with Crippen molar-refractivity contribution >= 4 is 44.3 Å². The minimum Gasteiger partial charge on any atom is -0.355 e. The third-order valence-corrected chi connectivity index (χ3v) is 7.18. The van der Waals surface area contributed by atoms with Crippen LogP contribution in [0.15, 0.2) is 133 Å². The lowest BCUT2D eigenvalue weighted by Crippen LogP contribution is -2.04. The second-order valence-electron chi connectivity index (χ2n) is 9.44. The summed E-state index contributed by atoms with van der Waals surface area (Å²) in [5.41, 5.74) is 7.19. The maximum absolute atomic E-state index is 3.62. The number of hydrogen-bond acceptors (Lipinski definition) is 2. The first-order chi connectivity index (χ1) is 18.3. The lowest BCUT2D eigenvalue weighted by atomic mass is 9.83. The molecule has 6 rings (SSSR count). The molecular formula is C35H30N2. The summed E-state index contributed by atoms with van der Waals surface area (Å²) in [6.07, 6.45) is 1.02. The van der Waals surface area contributed by atoms with Gasteiger partial charge in [0.1, 0.15) is 0 Å².